The number of para-hydroxylation sites is 2. The Hall–Kier alpha value is -4.35. The number of amides is 2. The molecular formula is C26H22N2O7S2. The molecule has 2 amide bonds. The molecule has 0 aliphatic rings. The van der Waals surface area contributed by atoms with Gasteiger partial charge in [-0.25, -0.2) is 4.79 Å². The number of benzene rings is 4. The van der Waals surface area contributed by atoms with Crippen molar-refractivity contribution in [3.63, 3.8) is 0 Å². The lowest BCUT2D eigenvalue weighted by molar-refractivity contribution is 0.262. The molecule has 0 radical (unpaired) electrons. The number of carbonyl (C=O) groups is 1. The lowest BCUT2D eigenvalue weighted by Gasteiger charge is -2.13. The van der Waals surface area contributed by atoms with Crippen LogP contribution in [0.25, 0.3) is 0 Å². The second kappa shape index (κ2) is 10.7. The third-order valence-corrected chi connectivity index (χ3v) is 7.50. The van der Waals surface area contributed by atoms with Crippen molar-refractivity contribution in [3.8, 4) is 11.5 Å². The molecule has 0 unspecified atom stereocenters. The molecule has 0 heterocycles. The number of hydrogen-bond donors (Lipinski definition) is 2. The summed E-state index contributed by atoms with van der Waals surface area (Å²) in [5.74, 6) is 0.00274. The summed E-state index contributed by atoms with van der Waals surface area (Å²) in [5, 5.41) is 5.13. The Bertz CT molecular complexity index is 1600. The molecular weight excluding hydrogens is 516 g/mol. The van der Waals surface area contributed by atoms with Crippen LogP contribution in [0.15, 0.2) is 113 Å². The average Bonchev–Trinajstić information content (AvgIpc) is 2.87. The van der Waals surface area contributed by atoms with E-state index in [9.17, 15) is 21.6 Å². The highest BCUT2D eigenvalue weighted by Crippen LogP contribution is 2.28. The first-order chi connectivity index (χ1) is 17.6. The van der Waals surface area contributed by atoms with E-state index >= 15 is 0 Å². The van der Waals surface area contributed by atoms with Crippen LogP contribution in [-0.4, -0.2) is 22.9 Å². The highest BCUT2D eigenvalue weighted by molar-refractivity contribution is 7.87. The van der Waals surface area contributed by atoms with Gasteiger partial charge in [-0.2, -0.15) is 16.8 Å². The summed E-state index contributed by atoms with van der Waals surface area (Å²) < 4.78 is 60.4. The van der Waals surface area contributed by atoms with Crippen molar-refractivity contribution >= 4 is 37.6 Å². The maximum atomic E-state index is 12.7. The summed E-state index contributed by atoms with van der Waals surface area (Å²) in [6, 6.07) is 25.0. The van der Waals surface area contributed by atoms with E-state index in [-0.39, 0.29) is 27.0 Å². The fraction of sp³-hybridized carbons (Fsp3) is 0.0385. The minimum Gasteiger partial charge on any atom is -0.379 e. The molecule has 0 spiro atoms. The van der Waals surface area contributed by atoms with Gasteiger partial charge in [0.15, 0.2) is 5.75 Å². The number of anilines is 2. The van der Waals surface area contributed by atoms with Crippen molar-refractivity contribution in [1.29, 1.82) is 0 Å². The number of carbonyl (C=O) groups excluding carboxylic acids is 1. The van der Waals surface area contributed by atoms with Crippen LogP contribution in [0.4, 0.5) is 16.2 Å². The van der Waals surface area contributed by atoms with Crippen LogP contribution in [0.1, 0.15) is 5.56 Å². The Labute approximate surface area is 214 Å². The Kier molecular flexibility index (Phi) is 7.46. The van der Waals surface area contributed by atoms with Crippen molar-refractivity contribution in [2.24, 2.45) is 0 Å². The first-order valence-corrected chi connectivity index (χ1v) is 13.7. The second-order valence-corrected chi connectivity index (χ2v) is 10.9. The van der Waals surface area contributed by atoms with E-state index in [1.54, 1.807) is 42.5 Å². The smallest absolute Gasteiger partial charge is 0.339 e. The van der Waals surface area contributed by atoms with E-state index in [0.29, 0.717) is 5.69 Å². The zero-order valence-electron chi connectivity index (χ0n) is 19.5. The maximum absolute atomic E-state index is 12.7. The van der Waals surface area contributed by atoms with E-state index in [4.69, 9.17) is 8.37 Å². The highest BCUT2D eigenvalue weighted by Gasteiger charge is 2.19. The predicted molar refractivity (Wildman–Crippen MR) is 139 cm³/mol. The first kappa shape index (κ1) is 25.7. The Morgan fingerprint density at radius 2 is 1.19 bits per heavy atom. The van der Waals surface area contributed by atoms with Crippen LogP contribution < -0.4 is 19.0 Å². The van der Waals surface area contributed by atoms with Crippen molar-refractivity contribution in [2.75, 3.05) is 10.6 Å². The molecule has 0 aromatic heterocycles. The largest absolute Gasteiger partial charge is 0.379 e. The molecule has 190 valence electrons. The number of aryl methyl sites for hydroxylation is 1. The second-order valence-electron chi connectivity index (χ2n) is 7.80. The van der Waals surface area contributed by atoms with Gasteiger partial charge in [-0.05, 0) is 67.6 Å². The molecule has 4 aromatic carbocycles. The Morgan fingerprint density at radius 3 is 1.86 bits per heavy atom. The van der Waals surface area contributed by atoms with Crippen LogP contribution in [0, 0.1) is 6.92 Å². The molecule has 0 aliphatic heterocycles. The standard InChI is InChI=1S/C26H22N2O7S2/c1-19-11-17-23(18-12-19)37(32,33)35-25-10-6-5-9-24(25)28-26(29)27-20-13-15-21(16-14-20)34-36(30,31)22-7-3-2-4-8-22/h2-18H,1H3,(H2,27,28,29). The van der Waals surface area contributed by atoms with Gasteiger partial charge in [0.05, 0.1) is 5.69 Å². The first-order valence-electron chi connectivity index (χ1n) is 10.9. The van der Waals surface area contributed by atoms with E-state index in [2.05, 4.69) is 10.6 Å². The van der Waals surface area contributed by atoms with E-state index in [1.807, 2.05) is 6.92 Å². The topological polar surface area (TPSA) is 128 Å². The summed E-state index contributed by atoms with van der Waals surface area (Å²) in [5.41, 5.74) is 1.37. The van der Waals surface area contributed by atoms with E-state index < -0.39 is 26.3 Å². The zero-order valence-corrected chi connectivity index (χ0v) is 21.1. The molecule has 9 nitrogen and oxygen atoms in total. The van der Waals surface area contributed by atoms with Crippen LogP contribution in [0.2, 0.25) is 0 Å². The minimum atomic E-state index is -4.12. The average molecular weight is 539 g/mol. The number of rotatable bonds is 8. The summed E-state index contributed by atoms with van der Waals surface area (Å²) >= 11 is 0. The number of hydrogen-bond acceptors (Lipinski definition) is 7. The molecule has 0 saturated carbocycles. The molecule has 4 aromatic rings. The lowest BCUT2D eigenvalue weighted by atomic mass is 10.2. The summed E-state index contributed by atoms with van der Waals surface area (Å²) in [7, 11) is -8.12. The van der Waals surface area contributed by atoms with Gasteiger partial charge in [0.1, 0.15) is 15.5 Å². The molecule has 0 saturated heterocycles. The van der Waals surface area contributed by atoms with Gasteiger partial charge in [0, 0.05) is 5.69 Å². The molecule has 4 rings (SSSR count). The minimum absolute atomic E-state index is 0.0156. The van der Waals surface area contributed by atoms with Crippen LogP contribution in [0.5, 0.6) is 11.5 Å². The van der Waals surface area contributed by atoms with Crippen molar-refractivity contribution in [1.82, 2.24) is 0 Å². The predicted octanol–water partition coefficient (Wildman–Crippen LogP) is 5.17. The quantitative estimate of drug-likeness (QED) is 0.296. The van der Waals surface area contributed by atoms with Gasteiger partial charge in [0.2, 0.25) is 0 Å². The van der Waals surface area contributed by atoms with E-state index in [0.717, 1.165) is 5.56 Å². The fourth-order valence-electron chi connectivity index (χ4n) is 3.15. The SMILES string of the molecule is Cc1ccc(S(=O)(=O)Oc2ccccc2NC(=O)Nc2ccc(OS(=O)(=O)c3ccccc3)cc2)cc1. The van der Waals surface area contributed by atoms with Gasteiger partial charge < -0.3 is 19.0 Å². The molecule has 0 atom stereocenters. The summed E-state index contributed by atoms with van der Waals surface area (Å²) in [6.07, 6.45) is 0. The van der Waals surface area contributed by atoms with Crippen LogP contribution >= 0.6 is 0 Å². The van der Waals surface area contributed by atoms with Gasteiger partial charge in [0.25, 0.3) is 0 Å². The number of urea groups is 1. The monoisotopic (exact) mass is 538 g/mol. The third kappa shape index (κ3) is 6.66. The van der Waals surface area contributed by atoms with Crippen LogP contribution in [0.3, 0.4) is 0 Å². The molecule has 2 N–H and O–H groups in total. The number of nitrogens with one attached hydrogen (secondary N) is 2. The highest BCUT2D eigenvalue weighted by atomic mass is 32.2. The third-order valence-electron chi connectivity index (χ3n) is 4.99. The molecule has 0 bridgehead atoms. The molecule has 0 aliphatic carbocycles. The van der Waals surface area contributed by atoms with Crippen molar-refractivity contribution in [3.05, 3.63) is 109 Å². The van der Waals surface area contributed by atoms with Gasteiger partial charge in [-0.3, -0.25) is 0 Å². The van der Waals surface area contributed by atoms with Crippen molar-refractivity contribution in [2.45, 2.75) is 16.7 Å². The van der Waals surface area contributed by atoms with Crippen molar-refractivity contribution < 1.29 is 30.0 Å². The van der Waals surface area contributed by atoms with Gasteiger partial charge >= 0.3 is 26.3 Å². The lowest BCUT2D eigenvalue weighted by Crippen LogP contribution is -2.20. The van der Waals surface area contributed by atoms with Gasteiger partial charge in [-0.15, -0.1) is 0 Å². The fourth-order valence-corrected chi connectivity index (χ4v) is 5.05. The molecule has 0 fully saturated rings. The van der Waals surface area contributed by atoms with Gasteiger partial charge in [-0.1, -0.05) is 48.0 Å². The Morgan fingerprint density at radius 1 is 0.622 bits per heavy atom. The zero-order chi connectivity index (χ0) is 26.5. The molecule has 37 heavy (non-hydrogen) atoms. The van der Waals surface area contributed by atoms with E-state index in [1.165, 1.54) is 60.7 Å². The normalized spacial score (nSPS) is 11.4. The molecule has 11 heteroatoms. The maximum Gasteiger partial charge on any atom is 0.339 e. The summed E-state index contributed by atoms with van der Waals surface area (Å²) in [6.45, 7) is 1.84. The summed E-state index contributed by atoms with van der Waals surface area (Å²) in [4.78, 5) is 12.5. The van der Waals surface area contributed by atoms with Crippen LogP contribution in [-0.2, 0) is 20.2 Å². The Balaban J connectivity index is 1.41.